The molecule has 0 saturated heterocycles. The van der Waals surface area contributed by atoms with Crippen molar-refractivity contribution < 1.29 is 4.42 Å². The molecular weight excluding hydrogens is 410 g/mol. The summed E-state index contributed by atoms with van der Waals surface area (Å²) in [6, 6.07) is 11.7. The van der Waals surface area contributed by atoms with Crippen molar-refractivity contribution >= 4 is 39.0 Å². The van der Waals surface area contributed by atoms with Gasteiger partial charge in [-0.15, -0.1) is 26.6 Å². The van der Waals surface area contributed by atoms with Crippen molar-refractivity contribution in [3.63, 3.8) is 0 Å². The summed E-state index contributed by atoms with van der Waals surface area (Å²) in [6.07, 6.45) is 0. The molecule has 0 aliphatic heterocycles. The number of aromatic amines is 1. The van der Waals surface area contributed by atoms with Crippen molar-refractivity contribution in [1.82, 2.24) is 25.4 Å². The number of nitrogens with zero attached hydrogens (tertiary/aromatic N) is 4. The Bertz CT molecular complexity index is 933. The lowest BCUT2D eigenvalue weighted by molar-refractivity contribution is 0.528. The van der Waals surface area contributed by atoms with Crippen molar-refractivity contribution in [3.05, 3.63) is 52.1 Å². The molecule has 0 amide bonds. The Morgan fingerprint density at radius 1 is 1.17 bits per heavy atom. The standard InChI is InChI=1S/C15H10BrN5OS2/c16-10-5-3-9(4-6-10)14-20-18-12(22-14)8-24-15-17-13(19-21-15)11-2-1-7-23-11/h1-7H,8H2,(H,17,19,21). The molecule has 120 valence electrons. The van der Waals surface area contributed by atoms with Gasteiger partial charge in [-0.3, -0.25) is 5.10 Å². The SMILES string of the molecule is Brc1ccc(-c2nnc(CSc3n[nH]c(-c4cccs4)n3)o2)cc1. The number of thioether (sulfide) groups is 1. The number of halogens is 1. The minimum absolute atomic E-state index is 0.507. The lowest BCUT2D eigenvalue weighted by Gasteiger charge is -1.94. The molecular formula is C15H10BrN5OS2. The summed E-state index contributed by atoms with van der Waals surface area (Å²) in [5.41, 5.74) is 0.889. The van der Waals surface area contributed by atoms with Crippen LogP contribution < -0.4 is 0 Å². The number of aromatic nitrogens is 5. The van der Waals surface area contributed by atoms with Gasteiger partial charge in [-0.25, -0.2) is 4.98 Å². The van der Waals surface area contributed by atoms with Gasteiger partial charge in [0.1, 0.15) is 0 Å². The quantitative estimate of drug-likeness (QED) is 0.474. The zero-order valence-corrected chi connectivity index (χ0v) is 15.4. The molecule has 4 aromatic rings. The normalized spacial score (nSPS) is 11.0. The summed E-state index contributed by atoms with van der Waals surface area (Å²) in [7, 11) is 0. The molecule has 9 heteroatoms. The van der Waals surface area contributed by atoms with E-state index in [2.05, 4.69) is 41.3 Å². The molecule has 0 fully saturated rings. The van der Waals surface area contributed by atoms with Gasteiger partial charge in [0.15, 0.2) is 5.82 Å². The fourth-order valence-corrected chi connectivity index (χ4v) is 3.55. The first-order valence-corrected chi connectivity index (χ1v) is 9.61. The van der Waals surface area contributed by atoms with Gasteiger partial charge in [0.05, 0.1) is 10.6 Å². The van der Waals surface area contributed by atoms with E-state index in [4.69, 9.17) is 4.42 Å². The van der Waals surface area contributed by atoms with Gasteiger partial charge < -0.3 is 4.42 Å². The minimum Gasteiger partial charge on any atom is -0.420 e. The van der Waals surface area contributed by atoms with Crippen molar-refractivity contribution in [2.75, 3.05) is 0 Å². The highest BCUT2D eigenvalue weighted by atomic mass is 79.9. The van der Waals surface area contributed by atoms with Gasteiger partial charge in [0, 0.05) is 10.0 Å². The van der Waals surface area contributed by atoms with Crippen LogP contribution in [0.1, 0.15) is 5.89 Å². The van der Waals surface area contributed by atoms with E-state index in [0.717, 1.165) is 20.7 Å². The largest absolute Gasteiger partial charge is 0.420 e. The van der Waals surface area contributed by atoms with E-state index in [1.54, 1.807) is 11.3 Å². The van der Waals surface area contributed by atoms with Gasteiger partial charge in [-0.1, -0.05) is 33.8 Å². The van der Waals surface area contributed by atoms with Gasteiger partial charge in [-0.05, 0) is 35.7 Å². The molecule has 6 nitrogen and oxygen atoms in total. The van der Waals surface area contributed by atoms with Crippen LogP contribution in [0.5, 0.6) is 0 Å². The molecule has 0 atom stereocenters. The molecule has 0 aliphatic rings. The minimum atomic E-state index is 0.507. The molecule has 1 N–H and O–H groups in total. The second-order valence-electron chi connectivity index (χ2n) is 4.74. The molecule has 4 rings (SSSR count). The summed E-state index contributed by atoms with van der Waals surface area (Å²) < 4.78 is 6.70. The van der Waals surface area contributed by atoms with Gasteiger partial charge >= 0.3 is 0 Å². The first kappa shape index (κ1) is 15.6. The molecule has 0 radical (unpaired) electrons. The van der Waals surface area contributed by atoms with Crippen LogP contribution in [-0.2, 0) is 5.75 Å². The Morgan fingerprint density at radius 3 is 2.83 bits per heavy atom. The van der Waals surface area contributed by atoms with Crippen LogP contribution in [-0.4, -0.2) is 25.4 Å². The highest BCUT2D eigenvalue weighted by Crippen LogP contribution is 2.26. The molecule has 1 aromatic carbocycles. The van der Waals surface area contributed by atoms with E-state index in [1.165, 1.54) is 11.8 Å². The van der Waals surface area contributed by atoms with E-state index >= 15 is 0 Å². The maximum absolute atomic E-state index is 5.69. The molecule has 3 aromatic heterocycles. The highest BCUT2D eigenvalue weighted by Gasteiger charge is 2.11. The van der Waals surface area contributed by atoms with Crippen molar-refractivity contribution in [2.24, 2.45) is 0 Å². The molecule has 3 heterocycles. The number of hydrogen-bond donors (Lipinski definition) is 1. The monoisotopic (exact) mass is 419 g/mol. The Balaban J connectivity index is 1.42. The summed E-state index contributed by atoms with van der Waals surface area (Å²) in [5.74, 6) is 2.34. The third kappa shape index (κ3) is 3.42. The summed E-state index contributed by atoms with van der Waals surface area (Å²) in [5, 5.41) is 18.0. The average Bonchev–Trinajstić information content (AvgIpc) is 3.34. The second-order valence-corrected chi connectivity index (χ2v) is 7.55. The van der Waals surface area contributed by atoms with Crippen molar-refractivity contribution in [3.8, 4) is 22.2 Å². The number of H-pyrrole nitrogens is 1. The van der Waals surface area contributed by atoms with Crippen LogP contribution in [0.15, 0.2) is 55.8 Å². The molecule has 0 bridgehead atoms. The molecule has 0 spiro atoms. The fourth-order valence-electron chi connectivity index (χ4n) is 1.98. The topological polar surface area (TPSA) is 80.5 Å². The van der Waals surface area contributed by atoms with Crippen LogP contribution >= 0.6 is 39.0 Å². The number of hydrogen-bond acceptors (Lipinski definition) is 7. The predicted molar refractivity (Wildman–Crippen MR) is 96.7 cm³/mol. The number of rotatable bonds is 5. The van der Waals surface area contributed by atoms with Crippen molar-refractivity contribution in [1.29, 1.82) is 0 Å². The molecule has 0 unspecified atom stereocenters. The van der Waals surface area contributed by atoms with Gasteiger partial charge in [0.25, 0.3) is 0 Å². The van der Waals surface area contributed by atoms with Crippen LogP contribution in [0.25, 0.3) is 22.2 Å². The maximum Gasteiger partial charge on any atom is 0.247 e. The number of thiophene rings is 1. The first-order chi connectivity index (χ1) is 11.8. The van der Waals surface area contributed by atoms with Gasteiger partial charge in [-0.2, -0.15) is 0 Å². The summed E-state index contributed by atoms with van der Waals surface area (Å²) >= 11 is 6.47. The Morgan fingerprint density at radius 2 is 2.04 bits per heavy atom. The van der Waals surface area contributed by atoms with Crippen LogP contribution in [0, 0.1) is 0 Å². The average molecular weight is 420 g/mol. The first-order valence-electron chi connectivity index (χ1n) is 6.95. The maximum atomic E-state index is 5.69. The molecule has 0 aliphatic carbocycles. The highest BCUT2D eigenvalue weighted by molar-refractivity contribution is 9.10. The lowest BCUT2D eigenvalue weighted by Crippen LogP contribution is -1.82. The second kappa shape index (κ2) is 6.88. The van der Waals surface area contributed by atoms with E-state index in [9.17, 15) is 0 Å². The van der Waals surface area contributed by atoms with Crippen LogP contribution in [0.3, 0.4) is 0 Å². The fraction of sp³-hybridized carbons (Fsp3) is 0.0667. The summed E-state index contributed by atoms with van der Waals surface area (Å²) in [6.45, 7) is 0. The van der Waals surface area contributed by atoms with Crippen LogP contribution in [0.4, 0.5) is 0 Å². The van der Waals surface area contributed by atoms with E-state index < -0.39 is 0 Å². The van der Waals surface area contributed by atoms with E-state index in [1.807, 2.05) is 41.8 Å². The Hall–Kier alpha value is -1.97. The summed E-state index contributed by atoms with van der Waals surface area (Å²) in [4.78, 5) is 5.51. The zero-order valence-electron chi connectivity index (χ0n) is 12.1. The number of benzene rings is 1. The van der Waals surface area contributed by atoms with E-state index in [-0.39, 0.29) is 0 Å². The lowest BCUT2D eigenvalue weighted by atomic mass is 10.2. The van der Waals surface area contributed by atoms with Crippen molar-refractivity contribution in [2.45, 2.75) is 10.9 Å². The molecule has 24 heavy (non-hydrogen) atoms. The zero-order chi connectivity index (χ0) is 16.4. The smallest absolute Gasteiger partial charge is 0.247 e. The molecule has 0 saturated carbocycles. The number of nitrogens with one attached hydrogen (secondary N) is 1. The van der Waals surface area contributed by atoms with E-state index in [0.29, 0.717) is 22.7 Å². The Labute approximate surface area is 153 Å². The third-order valence-electron chi connectivity index (χ3n) is 3.10. The van der Waals surface area contributed by atoms with Gasteiger partial charge in [0.2, 0.25) is 16.9 Å². The Kier molecular flexibility index (Phi) is 4.46. The predicted octanol–water partition coefficient (Wildman–Crippen LogP) is 4.64. The third-order valence-corrected chi connectivity index (χ3v) is 5.34. The van der Waals surface area contributed by atoms with Crippen LogP contribution in [0.2, 0.25) is 0 Å².